The van der Waals surface area contributed by atoms with Crippen molar-refractivity contribution in [1.82, 2.24) is 5.32 Å². The van der Waals surface area contributed by atoms with Crippen LogP contribution in [0.1, 0.15) is 29.7 Å². The minimum Gasteiger partial charge on any atom is -0.352 e. The lowest BCUT2D eigenvalue weighted by Crippen LogP contribution is -2.35. The smallest absolute Gasteiger partial charge is 0.352 e. The number of nitrogens with two attached hydrogens (primary N) is 1. The van der Waals surface area contributed by atoms with Gasteiger partial charge in [0.05, 0.1) is 11.5 Å². The lowest BCUT2D eigenvalue weighted by molar-refractivity contribution is -0.137. The monoisotopic (exact) mass is 372 g/mol. The van der Waals surface area contributed by atoms with E-state index in [1.165, 1.54) is 12.1 Å². The van der Waals surface area contributed by atoms with Crippen molar-refractivity contribution in [2.45, 2.75) is 25.7 Å². The number of hydrogen-bond donors (Lipinski definition) is 2. The molecule has 0 aliphatic rings. The van der Waals surface area contributed by atoms with Crippen molar-refractivity contribution in [3.8, 4) is 0 Å². The lowest BCUT2D eigenvalue weighted by Gasteiger charge is -2.20. The molecule has 0 heterocycles. The number of rotatable bonds is 5. The first-order valence-electron chi connectivity index (χ1n) is 7.53. The second-order valence-electron chi connectivity index (χ2n) is 5.64. The van der Waals surface area contributed by atoms with Gasteiger partial charge in [0.1, 0.15) is 0 Å². The van der Waals surface area contributed by atoms with Crippen molar-refractivity contribution in [2.75, 3.05) is 0 Å². The van der Waals surface area contributed by atoms with Gasteiger partial charge in [-0.2, -0.15) is 13.2 Å². The van der Waals surface area contributed by atoms with Crippen LogP contribution in [-0.2, 0) is 17.5 Å². The quantitative estimate of drug-likeness (QED) is 0.831. The number of halogens is 4. The van der Waals surface area contributed by atoms with Crippen LogP contribution in [0.25, 0.3) is 0 Å². The number of hydrogen-bond acceptors (Lipinski definition) is 2. The van der Waals surface area contributed by atoms with Crippen molar-refractivity contribution in [1.29, 1.82) is 0 Å². The molecule has 1 amide bonds. The minimum atomic E-state index is -4.36. The van der Waals surface area contributed by atoms with Crippen LogP contribution in [0, 0.1) is 5.92 Å². The van der Waals surface area contributed by atoms with Crippen LogP contribution in [0.15, 0.2) is 54.6 Å². The maximum absolute atomic E-state index is 12.5. The largest absolute Gasteiger partial charge is 0.416 e. The summed E-state index contributed by atoms with van der Waals surface area (Å²) in [5.41, 5.74) is 6.83. The van der Waals surface area contributed by atoms with Crippen molar-refractivity contribution in [3.63, 3.8) is 0 Å². The second-order valence-corrected chi connectivity index (χ2v) is 5.64. The molecule has 3 nitrogen and oxygen atoms in total. The van der Waals surface area contributed by atoms with Crippen LogP contribution in [0.4, 0.5) is 13.2 Å². The molecule has 3 N–H and O–H groups in total. The van der Waals surface area contributed by atoms with Gasteiger partial charge >= 0.3 is 6.18 Å². The summed E-state index contributed by atoms with van der Waals surface area (Å²) in [5, 5.41) is 2.71. The summed E-state index contributed by atoms with van der Waals surface area (Å²) < 4.78 is 37.5. The predicted octanol–water partition coefficient (Wildman–Crippen LogP) is 4.08. The summed E-state index contributed by atoms with van der Waals surface area (Å²) in [5.74, 6) is -0.701. The molecule has 0 fully saturated rings. The van der Waals surface area contributed by atoms with E-state index >= 15 is 0 Å². The summed E-state index contributed by atoms with van der Waals surface area (Å²) in [6.07, 6.45) is -4.36. The molecule has 2 atom stereocenters. The summed E-state index contributed by atoms with van der Waals surface area (Å²) in [4.78, 5) is 12.2. The van der Waals surface area contributed by atoms with Gasteiger partial charge in [-0.25, -0.2) is 0 Å². The van der Waals surface area contributed by atoms with Gasteiger partial charge in [0.25, 0.3) is 0 Å². The summed E-state index contributed by atoms with van der Waals surface area (Å²) in [7, 11) is 0. The Kier molecular flexibility index (Phi) is 7.45. The Morgan fingerprint density at radius 1 is 1.08 bits per heavy atom. The number of amides is 1. The van der Waals surface area contributed by atoms with E-state index in [-0.39, 0.29) is 24.9 Å². The zero-order valence-corrected chi connectivity index (χ0v) is 14.4. The molecule has 2 aromatic rings. The topological polar surface area (TPSA) is 55.1 Å². The molecular formula is C18H20ClF3N2O. The van der Waals surface area contributed by atoms with Crippen LogP contribution in [0.2, 0.25) is 0 Å². The Hall–Kier alpha value is -2.05. The average molecular weight is 373 g/mol. The molecule has 25 heavy (non-hydrogen) atoms. The highest BCUT2D eigenvalue weighted by atomic mass is 35.5. The molecule has 0 spiro atoms. The standard InChI is InChI=1S/C18H19F3N2O.ClH/c1-12(16(22)14-5-3-2-4-6-14)17(24)23-11-13-7-9-15(10-8-13)18(19,20)21;/h2-10,12,16H,11,22H2,1H3,(H,23,24);1H. The molecule has 7 heteroatoms. The fourth-order valence-corrected chi connectivity index (χ4v) is 2.29. The molecule has 0 saturated carbocycles. The number of carbonyl (C=O) groups excluding carboxylic acids is 1. The van der Waals surface area contributed by atoms with Crippen LogP contribution in [-0.4, -0.2) is 5.91 Å². The van der Waals surface area contributed by atoms with Crippen LogP contribution >= 0.6 is 12.4 Å². The van der Waals surface area contributed by atoms with Crippen molar-refractivity contribution in [3.05, 3.63) is 71.3 Å². The van der Waals surface area contributed by atoms with Gasteiger partial charge in [-0.3, -0.25) is 4.79 Å². The van der Waals surface area contributed by atoms with E-state index in [9.17, 15) is 18.0 Å². The highest BCUT2D eigenvalue weighted by Crippen LogP contribution is 2.29. The van der Waals surface area contributed by atoms with Gasteiger partial charge in [0.15, 0.2) is 0 Å². The lowest BCUT2D eigenvalue weighted by atomic mass is 9.94. The van der Waals surface area contributed by atoms with E-state index in [1.807, 2.05) is 30.3 Å². The first kappa shape index (κ1) is 21.0. The Bertz CT molecular complexity index is 675. The Balaban J connectivity index is 0.00000312. The third kappa shape index (κ3) is 5.76. The number of nitrogens with one attached hydrogen (secondary N) is 1. The molecule has 0 aliphatic heterocycles. The molecule has 0 aliphatic carbocycles. The summed E-state index contributed by atoms with van der Waals surface area (Å²) >= 11 is 0. The van der Waals surface area contributed by atoms with Crippen molar-refractivity contribution in [2.24, 2.45) is 11.7 Å². The van der Waals surface area contributed by atoms with Gasteiger partial charge in [0, 0.05) is 12.6 Å². The minimum absolute atomic E-state index is 0. The highest BCUT2D eigenvalue weighted by Gasteiger charge is 2.30. The van der Waals surface area contributed by atoms with E-state index in [0.717, 1.165) is 17.7 Å². The van der Waals surface area contributed by atoms with E-state index < -0.39 is 23.7 Å². The van der Waals surface area contributed by atoms with Crippen molar-refractivity contribution >= 4 is 18.3 Å². The van der Waals surface area contributed by atoms with Gasteiger partial charge in [-0.05, 0) is 23.3 Å². The fourth-order valence-electron chi connectivity index (χ4n) is 2.29. The Labute approximate surface area is 150 Å². The normalized spacial score (nSPS) is 13.5. The van der Waals surface area contributed by atoms with Gasteiger partial charge in [0.2, 0.25) is 5.91 Å². The van der Waals surface area contributed by atoms with Gasteiger partial charge < -0.3 is 11.1 Å². The Morgan fingerprint density at radius 3 is 2.16 bits per heavy atom. The zero-order valence-electron chi connectivity index (χ0n) is 13.6. The third-order valence-electron chi connectivity index (χ3n) is 3.88. The zero-order chi connectivity index (χ0) is 17.7. The average Bonchev–Trinajstić information content (AvgIpc) is 2.58. The van der Waals surface area contributed by atoms with Crippen molar-refractivity contribution < 1.29 is 18.0 Å². The maximum Gasteiger partial charge on any atom is 0.416 e. The Morgan fingerprint density at radius 2 is 1.64 bits per heavy atom. The van der Waals surface area contributed by atoms with Crippen LogP contribution in [0.3, 0.4) is 0 Å². The van der Waals surface area contributed by atoms with E-state index in [0.29, 0.717) is 5.56 Å². The molecule has 2 aromatic carbocycles. The summed E-state index contributed by atoms with van der Waals surface area (Å²) in [6, 6.07) is 13.5. The number of benzene rings is 2. The number of carbonyl (C=O) groups is 1. The maximum atomic E-state index is 12.5. The van der Waals surface area contributed by atoms with Gasteiger partial charge in [-0.1, -0.05) is 49.4 Å². The van der Waals surface area contributed by atoms with E-state index in [4.69, 9.17) is 5.73 Å². The first-order valence-corrected chi connectivity index (χ1v) is 7.53. The molecule has 0 bridgehead atoms. The molecule has 0 aromatic heterocycles. The second kappa shape index (κ2) is 8.87. The van der Waals surface area contributed by atoms with Crippen LogP contribution in [0.5, 0.6) is 0 Å². The molecular weight excluding hydrogens is 353 g/mol. The van der Waals surface area contributed by atoms with E-state index in [1.54, 1.807) is 6.92 Å². The molecule has 2 rings (SSSR count). The molecule has 136 valence electrons. The summed E-state index contributed by atoms with van der Waals surface area (Å²) in [6.45, 7) is 1.88. The first-order chi connectivity index (χ1) is 11.3. The third-order valence-corrected chi connectivity index (χ3v) is 3.88. The van der Waals surface area contributed by atoms with E-state index in [2.05, 4.69) is 5.32 Å². The predicted molar refractivity (Wildman–Crippen MR) is 93.1 cm³/mol. The number of alkyl halides is 3. The van der Waals surface area contributed by atoms with Crippen LogP contribution < -0.4 is 11.1 Å². The molecule has 0 radical (unpaired) electrons. The molecule has 2 unspecified atom stereocenters. The SMILES string of the molecule is CC(C(=O)NCc1ccc(C(F)(F)F)cc1)C(N)c1ccccc1.Cl. The molecule has 0 saturated heterocycles. The fraction of sp³-hybridized carbons (Fsp3) is 0.278. The van der Waals surface area contributed by atoms with Gasteiger partial charge in [-0.15, -0.1) is 12.4 Å². The highest BCUT2D eigenvalue weighted by molar-refractivity contribution is 5.85.